The molecule has 0 bridgehead atoms. The lowest BCUT2D eigenvalue weighted by molar-refractivity contribution is -0.132. The van der Waals surface area contributed by atoms with Crippen LogP contribution in [-0.4, -0.2) is 45.4 Å². The van der Waals surface area contributed by atoms with Crippen LogP contribution in [0.25, 0.3) is 5.65 Å². The van der Waals surface area contributed by atoms with Gasteiger partial charge in [0.1, 0.15) is 5.65 Å². The molecule has 0 aliphatic carbocycles. The fraction of sp³-hybridized carbons (Fsp3) is 0.375. The van der Waals surface area contributed by atoms with Crippen molar-refractivity contribution in [3.05, 3.63) is 70.6 Å². The van der Waals surface area contributed by atoms with Crippen LogP contribution in [-0.2, 0) is 21.5 Å². The molecular formula is C24H26ClN5O2. The van der Waals surface area contributed by atoms with Gasteiger partial charge in [0.15, 0.2) is 5.96 Å². The Morgan fingerprint density at radius 2 is 2.06 bits per heavy atom. The van der Waals surface area contributed by atoms with Gasteiger partial charge in [-0.25, -0.2) is 9.98 Å². The summed E-state index contributed by atoms with van der Waals surface area (Å²) in [5.74, 6) is 0.250. The zero-order valence-electron chi connectivity index (χ0n) is 18.0. The average molecular weight is 452 g/mol. The Balaban J connectivity index is 1.45. The highest BCUT2D eigenvalue weighted by Crippen LogP contribution is 2.39. The van der Waals surface area contributed by atoms with Gasteiger partial charge in [0.25, 0.3) is 0 Å². The Bertz CT molecular complexity index is 1200. The molecule has 1 atom stereocenters. The fourth-order valence-corrected chi connectivity index (χ4v) is 5.15. The third-order valence-corrected chi connectivity index (χ3v) is 6.89. The number of aromatic nitrogens is 2. The Hall–Kier alpha value is -2.90. The molecule has 3 aromatic rings. The molecule has 4 heterocycles. The standard InChI is InChI=1S/C24H26ClN5O2/c1-24(15-21(31)30(23(26)28-24)18-6-11-32-12-7-18)19-4-2-3-17(22(19)25)13-16-5-9-29-10-8-27-20(29)14-16/h2-5,8-10,14,18H,6-7,11-13,15H2,1H3,(H2,26,28)/t24-/m0/s1. The zero-order valence-corrected chi connectivity index (χ0v) is 18.8. The van der Waals surface area contributed by atoms with Crippen molar-refractivity contribution in [3.63, 3.8) is 0 Å². The van der Waals surface area contributed by atoms with Crippen LogP contribution in [0.5, 0.6) is 0 Å². The number of imidazole rings is 1. The van der Waals surface area contributed by atoms with Gasteiger partial charge in [-0.2, -0.15) is 0 Å². The molecule has 0 unspecified atom stereocenters. The summed E-state index contributed by atoms with van der Waals surface area (Å²) in [7, 11) is 0. The summed E-state index contributed by atoms with van der Waals surface area (Å²) in [5, 5.41) is 0.627. The molecule has 0 saturated carbocycles. The molecular weight excluding hydrogens is 426 g/mol. The molecule has 5 rings (SSSR count). The van der Waals surface area contributed by atoms with E-state index in [2.05, 4.69) is 17.1 Å². The third kappa shape index (κ3) is 3.76. The van der Waals surface area contributed by atoms with Gasteiger partial charge >= 0.3 is 0 Å². The van der Waals surface area contributed by atoms with Crippen LogP contribution in [0.2, 0.25) is 5.02 Å². The number of nitrogens with zero attached hydrogens (tertiary/aromatic N) is 4. The number of hydrogen-bond acceptors (Lipinski definition) is 5. The number of benzene rings is 1. The first kappa shape index (κ1) is 21.0. The van der Waals surface area contributed by atoms with Crippen LogP contribution in [0.4, 0.5) is 0 Å². The Morgan fingerprint density at radius 3 is 2.84 bits per heavy atom. The minimum absolute atomic E-state index is 0.0156. The lowest BCUT2D eigenvalue weighted by Crippen LogP contribution is -2.55. The van der Waals surface area contributed by atoms with Gasteiger partial charge in [-0.05, 0) is 55.0 Å². The van der Waals surface area contributed by atoms with Gasteiger partial charge in [0.2, 0.25) is 5.91 Å². The lowest BCUT2D eigenvalue weighted by atomic mass is 9.85. The molecule has 2 aromatic heterocycles. The highest BCUT2D eigenvalue weighted by Gasteiger charge is 2.41. The summed E-state index contributed by atoms with van der Waals surface area (Å²) in [4.78, 5) is 24.0. The smallest absolute Gasteiger partial charge is 0.232 e. The normalized spacial score (nSPS) is 22.4. The zero-order chi connectivity index (χ0) is 22.3. The largest absolute Gasteiger partial charge is 0.381 e. The van der Waals surface area contributed by atoms with E-state index in [9.17, 15) is 4.79 Å². The highest BCUT2D eigenvalue weighted by molar-refractivity contribution is 6.32. The highest BCUT2D eigenvalue weighted by atomic mass is 35.5. The number of carbonyl (C=O) groups is 1. The molecule has 0 radical (unpaired) electrons. The summed E-state index contributed by atoms with van der Waals surface area (Å²) in [6.07, 6.45) is 8.12. The second kappa shape index (κ2) is 8.22. The molecule has 2 aliphatic rings. The molecule has 0 spiro atoms. The third-order valence-electron chi connectivity index (χ3n) is 6.44. The van der Waals surface area contributed by atoms with Crippen LogP contribution in [0.3, 0.4) is 0 Å². The molecule has 1 amide bonds. The van der Waals surface area contributed by atoms with Crippen molar-refractivity contribution in [2.24, 2.45) is 10.7 Å². The number of amides is 1. The van der Waals surface area contributed by atoms with Gasteiger partial charge < -0.3 is 14.9 Å². The quantitative estimate of drug-likeness (QED) is 0.657. The van der Waals surface area contributed by atoms with Gasteiger partial charge in [-0.1, -0.05) is 29.8 Å². The summed E-state index contributed by atoms with van der Waals surface area (Å²) >= 11 is 6.89. The van der Waals surface area contributed by atoms with E-state index in [1.165, 1.54) is 0 Å². The average Bonchev–Trinajstić information content (AvgIpc) is 3.23. The van der Waals surface area contributed by atoms with E-state index in [-0.39, 0.29) is 24.3 Å². The summed E-state index contributed by atoms with van der Waals surface area (Å²) in [5.41, 5.74) is 9.33. The van der Waals surface area contributed by atoms with Gasteiger partial charge in [-0.15, -0.1) is 0 Å². The van der Waals surface area contributed by atoms with E-state index in [0.717, 1.165) is 35.2 Å². The minimum Gasteiger partial charge on any atom is -0.381 e. The number of nitrogens with two attached hydrogens (primary N) is 1. The van der Waals surface area contributed by atoms with Crippen LogP contribution in [0, 0.1) is 0 Å². The van der Waals surface area contributed by atoms with E-state index in [1.54, 1.807) is 11.1 Å². The number of halogens is 1. The maximum atomic E-state index is 13.2. The van der Waals surface area contributed by atoms with Crippen molar-refractivity contribution >= 4 is 29.1 Å². The lowest BCUT2D eigenvalue weighted by Gasteiger charge is -2.40. The fourth-order valence-electron chi connectivity index (χ4n) is 4.76. The molecule has 2 N–H and O–H groups in total. The molecule has 166 valence electrons. The molecule has 32 heavy (non-hydrogen) atoms. The maximum Gasteiger partial charge on any atom is 0.232 e. The predicted molar refractivity (Wildman–Crippen MR) is 124 cm³/mol. The van der Waals surface area contributed by atoms with E-state index >= 15 is 0 Å². The van der Waals surface area contributed by atoms with Crippen molar-refractivity contribution in [1.29, 1.82) is 0 Å². The van der Waals surface area contributed by atoms with Gasteiger partial charge in [-0.3, -0.25) is 9.69 Å². The second-order valence-corrected chi connectivity index (χ2v) is 9.09. The number of carbonyl (C=O) groups excluding carboxylic acids is 1. The minimum atomic E-state index is -0.803. The van der Waals surface area contributed by atoms with Crippen LogP contribution in [0.15, 0.2) is 53.9 Å². The van der Waals surface area contributed by atoms with Gasteiger partial charge in [0, 0.05) is 42.9 Å². The molecule has 2 aliphatic heterocycles. The van der Waals surface area contributed by atoms with Crippen LogP contribution >= 0.6 is 11.6 Å². The summed E-state index contributed by atoms with van der Waals surface area (Å²) in [6.45, 7) is 3.20. The first-order chi connectivity index (χ1) is 15.4. The molecule has 1 fully saturated rings. The monoisotopic (exact) mass is 451 g/mol. The van der Waals surface area contributed by atoms with E-state index in [1.807, 2.05) is 41.9 Å². The summed E-state index contributed by atoms with van der Waals surface area (Å²) in [6, 6.07) is 10.1. The SMILES string of the molecule is C[C@@]1(c2cccc(Cc3ccn4ccnc4c3)c2Cl)CC(=O)N(C2CCOCC2)C(N)=N1. The number of fused-ring (bicyclic) bond motifs is 1. The Kier molecular flexibility index (Phi) is 5.39. The topological polar surface area (TPSA) is 85.2 Å². The van der Waals surface area contributed by atoms with Crippen LogP contribution in [0.1, 0.15) is 42.9 Å². The first-order valence-corrected chi connectivity index (χ1v) is 11.3. The Labute approximate surface area is 191 Å². The van der Waals surface area contributed by atoms with Crippen molar-refractivity contribution in [2.75, 3.05) is 13.2 Å². The molecule has 1 aromatic carbocycles. The van der Waals surface area contributed by atoms with Crippen molar-refractivity contribution in [1.82, 2.24) is 14.3 Å². The molecule has 1 saturated heterocycles. The van der Waals surface area contributed by atoms with E-state index in [0.29, 0.717) is 24.7 Å². The Morgan fingerprint density at radius 1 is 1.25 bits per heavy atom. The molecule has 7 nitrogen and oxygen atoms in total. The molecule has 8 heteroatoms. The van der Waals surface area contributed by atoms with Crippen molar-refractivity contribution < 1.29 is 9.53 Å². The van der Waals surface area contributed by atoms with Crippen LogP contribution < -0.4 is 5.73 Å². The number of guanidine groups is 1. The van der Waals surface area contributed by atoms with Crippen molar-refractivity contribution in [2.45, 2.75) is 44.2 Å². The van der Waals surface area contributed by atoms with E-state index in [4.69, 9.17) is 27.1 Å². The number of ether oxygens (including phenoxy) is 1. The predicted octanol–water partition coefficient (Wildman–Crippen LogP) is 3.52. The van der Waals surface area contributed by atoms with E-state index < -0.39 is 5.54 Å². The second-order valence-electron chi connectivity index (χ2n) is 8.71. The van der Waals surface area contributed by atoms with Crippen molar-refractivity contribution in [3.8, 4) is 0 Å². The number of hydrogen-bond donors (Lipinski definition) is 1. The first-order valence-electron chi connectivity index (χ1n) is 10.9. The van der Waals surface area contributed by atoms with Gasteiger partial charge in [0.05, 0.1) is 12.0 Å². The maximum absolute atomic E-state index is 13.2. The number of rotatable bonds is 4. The number of pyridine rings is 1. The summed E-state index contributed by atoms with van der Waals surface area (Å²) < 4.78 is 7.40. The number of aliphatic imine (C=N–C) groups is 1.